The first-order chi connectivity index (χ1) is 8.30. The van der Waals surface area contributed by atoms with Crippen molar-refractivity contribution in [3.8, 4) is 0 Å². The van der Waals surface area contributed by atoms with Gasteiger partial charge in [-0.1, -0.05) is 0 Å². The van der Waals surface area contributed by atoms with E-state index in [2.05, 4.69) is 9.97 Å². The Bertz CT molecular complexity index is 522. The van der Waals surface area contributed by atoms with Gasteiger partial charge in [-0.15, -0.1) is 0 Å². The average Bonchev–Trinajstić information content (AvgIpc) is 2.11. The molecular weight excluding hydrogens is 249 g/mol. The highest BCUT2D eigenvalue weighted by Gasteiger charge is 2.79. The van der Waals surface area contributed by atoms with Crippen molar-refractivity contribution in [2.45, 2.75) is 30.9 Å². The molecule has 0 unspecified atom stereocenters. The van der Waals surface area contributed by atoms with E-state index >= 15 is 0 Å². The van der Waals surface area contributed by atoms with E-state index in [1.165, 1.54) is 6.33 Å². The number of carboxylic acids is 1. The topological polar surface area (TPSA) is 63.1 Å². The highest BCUT2D eigenvalue weighted by atomic mass is 19.4. The first-order valence-corrected chi connectivity index (χ1v) is 5.40. The van der Waals surface area contributed by atoms with E-state index in [-0.39, 0.29) is 30.5 Å². The summed E-state index contributed by atoms with van der Waals surface area (Å²) in [4.78, 5) is 18.5. The SMILES string of the molecule is O=C(O)c1cncnc1C12CC(C(F)(F)F)(C1)C2. The second-order valence-corrected chi connectivity index (χ2v) is 5.18. The summed E-state index contributed by atoms with van der Waals surface area (Å²) in [5.41, 5.74) is -2.15. The molecule has 0 amide bonds. The molecule has 3 saturated carbocycles. The number of aromatic nitrogens is 2. The maximum atomic E-state index is 12.7. The first-order valence-electron chi connectivity index (χ1n) is 5.40. The Morgan fingerprint density at radius 2 is 1.94 bits per heavy atom. The lowest BCUT2D eigenvalue weighted by Gasteiger charge is -2.70. The van der Waals surface area contributed by atoms with Gasteiger partial charge < -0.3 is 5.11 Å². The van der Waals surface area contributed by atoms with Gasteiger partial charge in [-0.3, -0.25) is 0 Å². The number of rotatable bonds is 2. The third-order valence-electron chi connectivity index (χ3n) is 4.08. The molecule has 4 nitrogen and oxygen atoms in total. The zero-order valence-electron chi connectivity index (χ0n) is 9.16. The number of nitrogens with zero attached hydrogens (tertiary/aromatic N) is 2. The lowest BCUT2D eigenvalue weighted by Crippen LogP contribution is -2.70. The molecule has 1 N–H and O–H groups in total. The van der Waals surface area contributed by atoms with Gasteiger partial charge in [0.1, 0.15) is 6.33 Å². The largest absolute Gasteiger partial charge is 0.478 e. The molecule has 1 aromatic rings. The molecule has 0 spiro atoms. The molecule has 3 fully saturated rings. The number of hydrogen-bond donors (Lipinski definition) is 1. The fourth-order valence-corrected chi connectivity index (χ4v) is 3.25. The lowest BCUT2D eigenvalue weighted by atomic mass is 9.33. The molecule has 4 rings (SSSR count). The molecule has 18 heavy (non-hydrogen) atoms. The summed E-state index contributed by atoms with van der Waals surface area (Å²) in [5, 5.41) is 8.99. The van der Waals surface area contributed by atoms with Crippen molar-refractivity contribution in [1.82, 2.24) is 9.97 Å². The van der Waals surface area contributed by atoms with Crippen molar-refractivity contribution >= 4 is 5.97 Å². The van der Waals surface area contributed by atoms with Gasteiger partial charge in [-0.05, 0) is 19.3 Å². The van der Waals surface area contributed by atoms with Gasteiger partial charge in [-0.2, -0.15) is 13.2 Å². The number of alkyl halides is 3. The van der Waals surface area contributed by atoms with E-state index in [9.17, 15) is 18.0 Å². The molecule has 1 aromatic heterocycles. The summed E-state index contributed by atoms with van der Waals surface area (Å²) in [6, 6.07) is 0. The Morgan fingerprint density at radius 3 is 2.44 bits per heavy atom. The van der Waals surface area contributed by atoms with Crippen LogP contribution >= 0.6 is 0 Å². The molecule has 0 aromatic carbocycles. The monoisotopic (exact) mass is 258 g/mol. The predicted molar refractivity (Wildman–Crippen MR) is 53.0 cm³/mol. The molecule has 3 aliphatic rings. The van der Waals surface area contributed by atoms with Crippen LogP contribution in [0.3, 0.4) is 0 Å². The molecule has 7 heteroatoms. The summed E-state index contributed by atoms with van der Waals surface area (Å²) in [5.74, 6) is -1.20. The summed E-state index contributed by atoms with van der Waals surface area (Å²) >= 11 is 0. The highest BCUT2D eigenvalue weighted by molar-refractivity contribution is 5.89. The fourth-order valence-electron chi connectivity index (χ4n) is 3.25. The number of carboxylic acid groups (broad SMARTS) is 1. The molecule has 0 atom stereocenters. The fraction of sp³-hybridized carbons (Fsp3) is 0.545. The number of aromatic carboxylic acids is 1. The maximum absolute atomic E-state index is 12.7. The van der Waals surface area contributed by atoms with Crippen LogP contribution in [0.2, 0.25) is 0 Å². The number of hydrogen-bond acceptors (Lipinski definition) is 3. The van der Waals surface area contributed by atoms with Crippen LogP contribution < -0.4 is 0 Å². The smallest absolute Gasteiger partial charge is 0.394 e. The number of carbonyl (C=O) groups is 1. The van der Waals surface area contributed by atoms with Crippen LogP contribution in [-0.4, -0.2) is 27.2 Å². The maximum Gasteiger partial charge on any atom is 0.394 e. The molecule has 0 aliphatic heterocycles. The first kappa shape index (κ1) is 11.4. The summed E-state index contributed by atoms with van der Waals surface area (Å²) in [6.07, 6.45) is -2.04. The lowest BCUT2D eigenvalue weighted by molar-refractivity contribution is -0.337. The zero-order chi connectivity index (χ0) is 13.2. The quantitative estimate of drug-likeness (QED) is 0.882. The van der Waals surface area contributed by atoms with Crippen molar-refractivity contribution in [2.75, 3.05) is 0 Å². The Kier molecular flexibility index (Phi) is 1.92. The van der Waals surface area contributed by atoms with Crippen LogP contribution in [0.5, 0.6) is 0 Å². The summed E-state index contributed by atoms with van der Waals surface area (Å²) in [6.45, 7) is 0. The normalized spacial score (nSPS) is 33.5. The second-order valence-electron chi connectivity index (χ2n) is 5.18. The van der Waals surface area contributed by atoms with Crippen LogP contribution in [0, 0.1) is 5.41 Å². The van der Waals surface area contributed by atoms with Crippen LogP contribution in [0.4, 0.5) is 13.2 Å². The van der Waals surface area contributed by atoms with E-state index in [1.807, 2.05) is 0 Å². The van der Waals surface area contributed by atoms with Crippen molar-refractivity contribution < 1.29 is 23.1 Å². The van der Waals surface area contributed by atoms with Gasteiger partial charge in [0.25, 0.3) is 0 Å². The minimum Gasteiger partial charge on any atom is -0.478 e. The average molecular weight is 258 g/mol. The standard InChI is InChI=1S/C11H9F3N2O2/c12-11(13,14)10-2-9(3-10,4-10)7-6(8(17)18)1-15-5-16-7/h1,5H,2-4H2,(H,17,18). The van der Waals surface area contributed by atoms with Crippen molar-refractivity contribution in [3.05, 3.63) is 23.8 Å². The van der Waals surface area contributed by atoms with Gasteiger partial charge in [-0.25, -0.2) is 14.8 Å². The van der Waals surface area contributed by atoms with E-state index in [0.29, 0.717) is 0 Å². The molecule has 3 aliphatic carbocycles. The minimum atomic E-state index is -4.20. The summed E-state index contributed by atoms with van der Waals surface area (Å²) < 4.78 is 38.2. The van der Waals surface area contributed by atoms with Crippen LogP contribution in [0.25, 0.3) is 0 Å². The number of halogens is 3. The molecule has 96 valence electrons. The van der Waals surface area contributed by atoms with Crippen LogP contribution in [-0.2, 0) is 5.41 Å². The Labute approximate surface area is 99.9 Å². The Balaban J connectivity index is 1.92. The second kappa shape index (κ2) is 3.02. The Hall–Kier alpha value is -1.66. The summed E-state index contributed by atoms with van der Waals surface area (Å²) in [7, 11) is 0. The highest BCUT2D eigenvalue weighted by Crippen LogP contribution is 2.78. The third-order valence-corrected chi connectivity index (χ3v) is 4.08. The van der Waals surface area contributed by atoms with Crippen molar-refractivity contribution in [1.29, 1.82) is 0 Å². The van der Waals surface area contributed by atoms with Crippen molar-refractivity contribution in [3.63, 3.8) is 0 Å². The molecule has 2 bridgehead atoms. The Morgan fingerprint density at radius 1 is 1.33 bits per heavy atom. The van der Waals surface area contributed by atoms with Crippen LogP contribution in [0.15, 0.2) is 12.5 Å². The van der Waals surface area contributed by atoms with E-state index in [4.69, 9.17) is 5.11 Å². The van der Waals surface area contributed by atoms with E-state index in [1.54, 1.807) is 0 Å². The molecule has 0 saturated heterocycles. The molecular formula is C11H9F3N2O2. The van der Waals surface area contributed by atoms with E-state index in [0.717, 1.165) is 6.20 Å². The molecule has 1 heterocycles. The predicted octanol–water partition coefficient (Wildman–Crippen LogP) is 2.16. The van der Waals surface area contributed by atoms with Gasteiger partial charge in [0.2, 0.25) is 0 Å². The zero-order valence-corrected chi connectivity index (χ0v) is 9.16. The van der Waals surface area contributed by atoms with Gasteiger partial charge in [0, 0.05) is 11.6 Å². The molecule has 0 radical (unpaired) electrons. The van der Waals surface area contributed by atoms with Gasteiger partial charge >= 0.3 is 12.1 Å². The van der Waals surface area contributed by atoms with Crippen molar-refractivity contribution in [2.24, 2.45) is 5.41 Å². The van der Waals surface area contributed by atoms with Gasteiger partial charge in [0.15, 0.2) is 0 Å². The van der Waals surface area contributed by atoms with E-state index < -0.39 is 23.0 Å². The minimum absolute atomic E-state index is 0.0548. The third kappa shape index (κ3) is 1.19. The van der Waals surface area contributed by atoms with Crippen LogP contribution in [0.1, 0.15) is 35.3 Å². The van der Waals surface area contributed by atoms with Gasteiger partial charge in [0.05, 0.1) is 16.7 Å².